The fraction of sp³-hybridized carbons (Fsp3) is 0.440. The van der Waals surface area contributed by atoms with E-state index in [1.54, 1.807) is 0 Å². The molecule has 2 atom stereocenters. The van der Waals surface area contributed by atoms with Gasteiger partial charge in [0.15, 0.2) is 0 Å². The second-order valence-corrected chi connectivity index (χ2v) is 17.7. The first kappa shape index (κ1) is 41.4. The van der Waals surface area contributed by atoms with Crippen LogP contribution in [-0.4, -0.2) is 115 Å². The van der Waals surface area contributed by atoms with Crippen LogP contribution in [-0.2, 0) is 0 Å². The third-order valence-electron chi connectivity index (χ3n) is 13.1. The molecule has 1 aliphatic carbocycles. The SMILES string of the molecule is Cc1nc2ccccc2n1-c1ccc(C(=O)N(C)[C@@H]2CCN(C3CCCCC3)C2)cc1.Cc1nc2ccccc2n1-c1ccc(C(=O)N(C)[C@@H]2CCN(CC(C)C)C2)cc1. The molecule has 2 saturated heterocycles. The van der Waals surface area contributed by atoms with E-state index >= 15 is 0 Å². The third-order valence-corrected chi connectivity index (χ3v) is 13.1. The summed E-state index contributed by atoms with van der Waals surface area (Å²) in [6.07, 6.45) is 8.89. The van der Waals surface area contributed by atoms with Crippen LogP contribution in [0.4, 0.5) is 0 Å². The maximum atomic E-state index is 13.2. The van der Waals surface area contributed by atoms with Gasteiger partial charge in [-0.1, -0.05) is 57.4 Å². The van der Waals surface area contributed by atoms with Gasteiger partial charge < -0.3 is 14.7 Å². The lowest BCUT2D eigenvalue weighted by Gasteiger charge is -2.32. The number of hydrogen-bond acceptors (Lipinski definition) is 6. The van der Waals surface area contributed by atoms with E-state index < -0.39 is 0 Å². The number of likely N-dealkylation sites (tertiary alicyclic amines) is 2. The number of rotatable bonds is 9. The van der Waals surface area contributed by atoms with Crippen molar-refractivity contribution in [2.45, 2.75) is 90.8 Å². The van der Waals surface area contributed by atoms with Crippen molar-refractivity contribution in [2.24, 2.45) is 5.92 Å². The van der Waals surface area contributed by atoms with E-state index in [1.807, 2.05) is 123 Å². The van der Waals surface area contributed by atoms with E-state index in [1.165, 1.54) is 32.1 Å². The van der Waals surface area contributed by atoms with Gasteiger partial charge in [0, 0.05) is 87.4 Å². The lowest BCUT2D eigenvalue weighted by atomic mass is 9.94. The van der Waals surface area contributed by atoms with Crippen LogP contribution in [0.5, 0.6) is 0 Å². The van der Waals surface area contributed by atoms with Gasteiger partial charge in [0.2, 0.25) is 0 Å². The van der Waals surface area contributed by atoms with E-state index in [-0.39, 0.29) is 11.8 Å². The van der Waals surface area contributed by atoms with Gasteiger partial charge in [0.05, 0.1) is 22.1 Å². The van der Waals surface area contributed by atoms with Crippen LogP contribution in [0.3, 0.4) is 0 Å². The lowest BCUT2D eigenvalue weighted by molar-refractivity contribution is 0.0722. The van der Waals surface area contributed by atoms with Crippen LogP contribution >= 0.6 is 0 Å². The molecule has 0 radical (unpaired) electrons. The Hall–Kier alpha value is -5.32. The van der Waals surface area contributed by atoms with Crippen LogP contribution in [0.25, 0.3) is 33.4 Å². The van der Waals surface area contributed by atoms with E-state index in [9.17, 15) is 9.59 Å². The summed E-state index contributed by atoms with van der Waals surface area (Å²) in [5.41, 5.74) is 7.70. The Morgan fingerprint density at radius 2 is 1.08 bits per heavy atom. The number of carbonyl (C=O) groups excluding carboxylic acids is 2. The van der Waals surface area contributed by atoms with Crippen molar-refractivity contribution in [2.75, 3.05) is 46.8 Å². The zero-order chi connectivity index (χ0) is 41.9. The van der Waals surface area contributed by atoms with Gasteiger partial charge in [0.25, 0.3) is 11.8 Å². The molecule has 2 amide bonds. The summed E-state index contributed by atoms with van der Waals surface area (Å²) in [5.74, 6) is 2.77. The highest BCUT2D eigenvalue weighted by Crippen LogP contribution is 2.28. The van der Waals surface area contributed by atoms with Gasteiger partial charge in [-0.3, -0.25) is 23.6 Å². The maximum absolute atomic E-state index is 13.2. The molecule has 60 heavy (non-hydrogen) atoms. The molecule has 1 saturated carbocycles. The number of benzene rings is 4. The fourth-order valence-electron chi connectivity index (χ4n) is 9.86. The summed E-state index contributed by atoms with van der Waals surface area (Å²) in [4.78, 5) is 44.5. The van der Waals surface area contributed by atoms with Crippen LogP contribution in [0.2, 0.25) is 0 Å². The van der Waals surface area contributed by atoms with Gasteiger partial charge in [-0.25, -0.2) is 9.97 Å². The minimum atomic E-state index is 0.0974. The summed E-state index contributed by atoms with van der Waals surface area (Å²) in [6.45, 7) is 13.8. The minimum Gasteiger partial charge on any atom is -0.337 e. The summed E-state index contributed by atoms with van der Waals surface area (Å²) in [6, 6.07) is 33.5. The molecule has 10 heteroatoms. The highest BCUT2D eigenvalue weighted by Gasteiger charge is 2.33. The predicted molar refractivity (Wildman–Crippen MR) is 242 cm³/mol. The highest BCUT2D eigenvalue weighted by molar-refractivity contribution is 5.95. The number of likely N-dealkylation sites (N-methyl/N-ethyl adjacent to an activating group) is 2. The molecule has 0 N–H and O–H groups in total. The first-order valence-electron chi connectivity index (χ1n) is 22.2. The van der Waals surface area contributed by atoms with E-state index in [0.29, 0.717) is 18.0 Å². The summed E-state index contributed by atoms with van der Waals surface area (Å²) < 4.78 is 4.28. The third kappa shape index (κ3) is 8.77. The molecule has 4 heterocycles. The number of aromatic nitrogens is 4. The molecule has 10 nitrogen and oxygen atoms in total. The van der Waals surface area contributed by atoms with Crippen molar-refractivity contribution in [3.05, 3.63) is 120 Å². The molecule has 0 spiro atoms. The van der Waals surface area contributed by atoms with Crippen molar-refractivity contribution < 1.29 is 9.59 Å². The molecular formula is C50H62N8O2. The molecule has 3 fully saturated rings. The standard InChI is InChI=1S/C26H32N4O.C24H30N4O/c1-19-27-24-10-6-7-11-25(24)30(19)22-14-12-20(13-15-22)26(31)28(2)23-16-17-29(18-23)21-8-4-3-5-9-21;1-17(2)15-27-14-13-21(16-27)26(4)24(29)19-9-11-20(12-10-19)28-18(3)25-22-7-5-6-8-23(22)28/h6-7,10-15,21,23H,3-5,8-9,16-18H2,1-2H3;5-12,17,21H,13-16H2,1-4H3/t23-;21-/m11/s1. The van der Waals surface area contributed by atoms with Crippen LogP contribution < -0.4 is 0 Å². The van der Waals surface area contributed by atoms with Crippen molar-refractivity contribution in [3.8, 4) is 11.4 Å². The molecule has 2 aliphatic heterocycles. The highest BCUT2D eigenvalue weighted by atomic mass is 16.2. The molecule has 0 bridgehead atoms. The Kier molecular flexibility index (Phi) is 12.5. The number of fused-ring (bicyclic) bond motifs is 2. The first-order chi connectivity index (χ1) is 29.0. The van der Waals surface area contributed by atoms with Crippen LogP contribution in [0.15, 0.2) is 97.1 Å². The lowest BCUT2D eigenvalue weighted by Crippen LogP contribution is -2.41. The van der Waals surface area contributed by atoms with Gasteiger partial charge >= 0.3 is 0 Å². The first-order valence-corrected chi connectivity index (χ1v) is 22.2. The number of amides is 2. The van der Waals surface area contributed by atoms with Gasteiger partial charge in [-0.2, -0.15) is 0 Å². The molecule has 6 aromatic rings. The number of nitrogens with zero attached hydrogens (tertiary/aromatic N) is 8. The second-order valence-electron chi connectivity index (χ2n) is 17.7. The Bertz CT molecular complexity index is 2410. The van der Waals surface area contributed by atoms with Crippen LogP contribution in [0, 0.1) is 19.8 Å². The van der Waals surface area contributed by atoms with Crippen molar-refractivity contribution >= 4 is 33.9 Å². The van der Waals surface area contributed by atoms with E-state index in [2.05, 4.69) is 54.9 Å². The Morgan fingerprint density at radius 1 is 0.617 bits per heavy atom. The maximum Gasteiger partial charge on any atom is 0.253 e. The molecule has 4 aromatic carbocycles. The van der Waals surface area contributed by atoms with Crippen molar-refractivity contribution in [1.82, 2.24) is 38.7 Å². The minimum absolute atomic E-state index is 0.0974. The molecule has 314 valence electrons. The summed E-state index contributed by atoms with van der Waals surface area (Å²) >= 11 is 0. The largest absolute Gasteiger partial charge is 0.337 e. The molecule has 0 unspecified atom stereocenters. The fourth-order valence-corrected chi connectivity index (χ4v) is 9.86. The second kappa shape index (κ2) is 18.1. The smallest absolute Gasteiger partial charge is 0.253 e. The molecule has 2 aromatic heterocycles. The zero-order valence-corrected chi connectivity index (χ0v) is 36.4. The van der Waals surface area contributed by atoms with Crippen molar-refractivity contribution in [3.63, 3.8) is 0 Å². The quantitative estimate of drug-likeness (QED) is 0.145. The summed E-state index contributed by atoms with van der Waals surface area (Å²) in [7, 11) is 3.91. The van der Waals surface area contributed by atoms with E-state index in [0.717, 1.165) is 108 Å². The van der Waals surface area contributed by atoms with Gasteiger partial charge in [0.1, 0.15) is 11.6 Å². The summed E-state index contributed by atoms with van der Waals surface area (Å²) in [5, 5.41) is 0. The number of imidazole rings is 2. The van der Waals surface area contributed by atoms with Crippen molar-refractivity contribution in [1.29, 1.82) is 0 Å². The monoisotopic (exact) mass is 806 g/mol. The van der Waals surface area contributed by atoms with Gasteiger partial charge in [-0.15, -0.1) is 0 Å². The molecule has 9 rings (SSSR count). The molecule has 3 aliphatic rings. The Morgan fingerprint density at radius 3 is 1.58 bits per heavy atom. The Balaban J connectivity index is 0.000000167. The normalized spacial score (nSPS) is 18.9. The number of para-hydroxylation sites is 4. The van der Waals surface area contributed by atoms with E-state index in [4.69, 9.17) is 0 Å². The number of carbonyl (C=O) groups is 2. The molecular weight excluding hydrogens is 745 g/mol. The predicted octanol–water partition coefficient (Wildman–Crippen LogP) is 8.95. The number of aryl methyl sites for hydroxylation is 2. The van der Waals surface area contributed by atoms with Gasteiger partial charge in [-0.05, 0) is 118 Å². The topological polar surface area (TPSA) is 82.7 Å². The number of hydrogen-bond donors (Lipinski definition) is 0. The Labute approximate surface area is 355 Å². The zero-order valence-electron chi connectivity index (χ0n) is 36.4. The average Bonchev–Trinajstić information content (AvgIpc) is 4.08. The van der Waals surface area contributed by atoms with Crippen LogP contribution in [0.1, 0.15) is 91.2 Å². The average molecular weight is 807 g/mol.